The average molecular weight is 207 g/mol. The summed E-state index contributed by atoms with van der Waals surface area (Å²) >= 11 is 0. The van der Waals surface area contributed by atoms with Gasteiger partial charge in [0.25, 0.3) is 0 Å². The van der Waals surface area contributed by atoms with Crippen molar-refractivity contribution in [3.8, 4) is 0 Å². The summed E-state index contributed by atoms with van der Waals surface area (Å²) in [7, 11) is 0. The molecule has 2 heteroatoms. The summed E-state index contributed by atoms with van der Waals surface area (Å²) < 4.78 is 0. The van der Waals surface area contributed by atoms with Gasteiger partial charge >= 0.3 is 0 Å². The molecule has 0 aromatic heterocycles. The van der Waals surface area contributed by atoms with E-state index in [1.54, 1.807) is 0 Å². The van der Waals surface area contributed by atoms with Gasteiger partial charge in [0.2, 0.25) is 0 Å². The normalized spacial score (nSPS) is 14.3. The Morgan fingerprint density at radius 1 is 1.40 bits per heavy atom. The van der Waals surface area contributed by atoms with Crippen molar-refractivity contribution in [2.45, 2.75) is 39.7 Å². The SMILES string of the molecule is C=C(N=C(/C=C\C)CC)C(=C)C(O)CC. The predicted molar refractivity (Wildman–Crippen MR) is 67.1 cm³/mol. The summed E-state index contributed by atoms with van der Waals surface area (Å²) in [6.07, 6.45) is 4.83. The number of hydrogen-bond donors (Lipinski definition) is 1. The van der Waals surface area contributed by atoms with Gasteiger partial charge in [-0.3, -0.25) is 4.99 Å². The fourth-order valence-corrected chi connectivity index (χ4v) is 1.11. The first-order valence-electron chi connectivity index (χ1n) is 5.33. The lowest BCUT2D eigenvalue weighted by Gasteiger charge is -2.11. The molecule has 15 heavy (non-hydrogen) atoms. The van der Waals surface area contributed by atoms with E-state index in [0.29, 0.717) is 17.7 Å². The summed E-state index contributed by atoms with van der Waals surface area (Å²) in [5.41, 5.74) is 2.12. The van der Waals surface area contributed by atoms with Crippen LogP contribution in [-0.2, 0) is 0 Å². The lowest BCUT2D eigenvalue weighted by molar-refractivity contribution is 0.209. The number of rotatable bonds is 6. The third-order valence-corrected chi connectivity index (χ3v) is 2.16. The van der Waals surface area contributed by atoms with Crippen molar-refractivity contribution in [2.75, 3.05) is 0 Å². The molecule has 0 spiro atoms. The molecule has 1 N–H and O–H groups in total. The van der Waals surface area contributed by atoms with Crippen molar-refractivity contribution < 1.29 is 5.11 Å². The zero-order valence-electron chi connectivity index (χ0n) is 9.95. The van der Waals surface area contributed by atoms with E-state index in [4.69, 9.17) is 0 Å². The molecular formula is C13H21NO. The average Bonchev–Trinajstić information content (AvgIpc) is 2.26. The van der Waals surface area contributed by atoms with Gasteiger partial charge < -0.3 is 5.11 Å². The molecule has 0 amide bonds. The standard InChI is InChI=1S/C13H21NO/c1-6-9-12(7-2)14-11(5)10(4)13(15)8-3/h6,9,13,15H,4-5,7-8H2,1-3H3/b9-6-,14-12?. The van der Waals surface area contributed by atoms with Gasteiger partial charge in [0.1, 0.15) is 0 Å². The first-order chi connectivity index (χ1) is 7.06. The minimum atomic E-state index is -0.537. The maximum Gasteiger partial charge on any atom is 0.0802 e. The minimum Gasteiger partial charge on any atom is -0.388 e. The number of aliphatic imine (C=N–C) groups is 1. The lowest BCUT2D eigenvalue weighted by Crippen LogP contribution is -2.09. The van der Waals surface area contributed by atoms with Crippen molar-refractivity contribution >= 4 is 5.71 Å². The molecule has 0 rings (SSSR count). The Balaban J connectivity index is 4.65. The first-order valence-corrected chi connectivity index (χ1v) is 5.33. The van der Waals surface area contributed by atoms with Crippen molar-refractivity contribution in [1.29, 1.82) is 0 Å². The number of nitrogens with zero attached hydrogens (tertiary/aromatic N) is 1. The van der Waals surface area contributed by atoms with Gasteiger partial charge in [0, 0.05) is 5.71 Å². The second kappa shape index (κ2) is 7.18. The molecule has 1 atom stereocenters. The zero-order valence-corrected chi connectivity index (χ0v) is 9.95. The van der Waals surface area contributed by atoms with E-state index in [9.17, 15) is 5.11 Å². The van der Waals surface area contributed by atoms with Gasteiger partial charge in [-0.05, 0) is 31.4 Å². The number of aliphatic hydroxyl groups is 1. The molecule has 0 radical (unpaired) electrons. The van der Waals surface area contributed by atoms with Crippen LogP contribution in [-0.4, -0.2) is 16.9 Å². The van der Waals surface area contributed by atoms with E-state index in [2.05, 4.69) is 18.2 Å². The molecule has 0 fully saturated rings. The largest absolute Gasteiger partial charge is 0.388 e. The topological polar surface area (TPSA) is 32.6 Å². The summed E-state index contributed by atoms with van der Waals surface area (Å²) in [4.78, 5) is 4.33. The maximum absolute atomic E-state index is 9.56. The van der Waals surface area contributed by atoms with Crippen molar-refractivity contribution in [2.24, 2.45) is 4.99 Å². The highest BCUT2D eigenvalue weighted by Gasteiger charge is 2.08. The second-order valence-corrected chi connectivity index (χ2v) is 3.35. The molecule has 0 saturated carbocycles. The zero-order chi connectivity index (χ0) is 11.8. The highest BCUT2D eigenvalue weighted by Crippen LogP contribution is 2.14. The van der Waals surface area contributed by atoms with Gasteiger partial charge in [0.15, 0.2) is 0 Å². The van der Waals surface area contributed by atoms with Crippen LogP contribution in [0, 0.1) is 0 Å². The second-order valence-electron chi connectivity index (χ2n) is 3.35. The van der Waals surface area contributed by atoms with Crippen LogP contribution in [0.3, 0.4) is 0 Å². The van der Waals surface area contributed by atoms with Crippen LogP contribution in [0.1, 0.15) is 33.6 Å². The van der Waals surface area contributed by atoms with Crippen LogP contribution >= 0.6 is 0 Å². The Morgan fingerprint density at radius 3 is 2.40 bits per heavy atom. The number of hydrogen-bond acceptors (Lipinski definition) is 2. The predicted octanol–water partition coefficient (Wildman–Crippen LogP) is 3.25. The van der Waals surface area contributed by atoms with Crippen molar-refractivity contribution in [3.63, 3.8) is 0 Å². The molecule has 0 saturated heterocycles. The van der Waals surface area contributed by atoms with Crippen LogP contribution in [0.5, 0.6) is 0 Å². The molecule has 0 aromatic rings. The van der Waals surface area contributed by atoms with E-state index in [1.165, 1.54) is 0 Å². The van der Waals surface area contributed by atoms with Gasteiger partial charge in [0.05, 0.1) is 11.8 Å². The summed E-state index contributed by atoms with van der Waals surface area (Å²) in [5.74, 6) is 0. The molecule has 0 aliphatic rings. The molecule has 0 heterocycles. The first kappa shape index (κ1) is 13.8. The van der Waals surface area contributed by atoms with Crippen LogP contribution in [0.15, 0.2) is 41.6 Å². The Morgan fingerprint density at radius 2 is 2.00 bits per heavy atom. The van der Waals surface area contributed by atoms with Crippen molar-refractivity contribution in [3.05, 3.63) is 36.6 Å². The molecule has 1 unspecified atom stereocenters. The minimum absolute atomic E-state index is 0.537. The van der Waals surface area contributed by atoms with E-state index < -0.39 is 6.10 Å². The molecule has 0 aliphatic carbocycles. The molecular weight excluding hydrogens is 186 g/mol. The summed E-state index contributed by atoms with van der Waals surface area (Å²) in [6.45, 7) is 13.5. The van der Waals surface area contributed by atoms with Crippen LogP contribution in [0.25, 0.3) is 0 Å². The maximum atomic E-state index is 9.56. The van der Waals surface area contributed by atoms with E-state index in [-0.39, 0.29) is 0 Å². The third-order valence-electron chi connectivity index (χ3n) is 2.16. The highest BCUT2D eigenvalue weighted by molar-refractivity contribution is 5.95. The molecule has 2 nitrogen and oxygen atoms in total. The van der Waals surface area contributed by atoms with E-state index >= 15 is 0 Å². The monoisotopic (exact) mass is 207 g/mol. The quantitative estimate of drug-likeness (QED) is 0.526. The Hall–Kier alpha value is -1.15. The summed E-state index contributed by atoms with van der Waals surface area (Å²) in [6, 6.07) is 0. The van der Waals surface area contributed by atoms with Crippen LogP contribution in [0.2, 0.25) is 0 Å². The Labute approximate surface area is 92.7 Å². The van der Waals surface area contributed by atoms with Gasteiger partial charge in [-0.1, -0.05) is 33.1 Å². The van der Waals surface area contributed by atoms with Crippen LogP contribution in [0.4, 0.5) is 0 Å². The number of aliphatic hydroxyl groups excluding tert-OH is 1. The fraction of sp³-hybridized carbons (Fsp3) is 0.462. The number of allylic oxidation sites excluding steroid dienone is 2. The molecule has 0 bridgehead atoms. The van der Waals surface area contributed by atoms with Gasteiger partial charge in [-0.25, -0.2) is 0 Å². The van der Waals surface area contributed by atoms with Crippen molar-refractivity contribution in [1.82, 2.24) is 0 Å². The van der Waals surface area contributed by atoms with E-state index in [0.717, 1.165) is 12.1 Å². The summed E-state index contributed by atoms with van der Waals surface area (Å²) in [5, 5.41) is 9.56. The molecule has 0 aliphatic heterocycles. The highest BCUT2D eigenvalue weighted by atomic mass is 16.3. The molecule has 0 aromatic carbocycles. The molecule has 84 valence electrons. The fourth-order valence-electron chi connectivity index (χ4n) is 1.11. The van der Waals surface area contributed by atoms with Gasteiger partial charge in [-0.15, -0.1) is 0 Å². The van der Waals surface area contributed by atoms with E-state index in [1.807, 2.05) is 32.9 Å². The smallest absolute Gasteiger partial charge is 0.0802 e. The third kappa shape index (κ3) is 4.75. The Bertz CT molecular complexity index is 287. The van der Waals surface area contributed by atoms with Crippen LogP contribution < -0.4 is 0 Å². The Kier molecular flexibility index (Phi) is 6.63. The van der Waals surface area contributed by atoms with Gasteiger partial charge in [-0.2, -0.15) is 0 Å². The lowest BCUT2D eigenvalue weighted by atomic mass is 10.1.